The summed E-state index contributed by atoms with van der Waals surface area (Å²) in [5.41, 5.74) is 0. The van der Waals surface area contributed by atoms with Gasteiger partial charge < -0.3 is 15.3 Å². The van der Waals surface area contributed by atoms with Gasteiger partial charge in [0.15, 0.2) is 0 Å². The molecule has 0 saturated heterocycles. The first-order valence-corrected chi connectivity index (χ1v) is 6.61. The number of aliphatic carboxylic acids is 1. The summed E-state index contributed by atoms with van der Waals surface area (Å²) in [7, 11) is 0. The zero-order valence-electron chi connectivity index (χ0n) is 12.1. The van der Waals surface area contributed by atoms with Gasteiger partial charge in [-0.2, -0.15) is 0 Å². The van der Waals surface area contributed by atoms with Crippen LogP contribution in [-0.2, 0) is 4.79 Å². The molecule has 5 nitrogen and oxygen atoms in total. The number of urea groups is 1. The van der Waals surface area contributed by atoms with Crippen molar-refractivity contribution in [2.24, 2.45) is 11.8 Å². The fourth-order valence-corrected chi connectivity index (χ4v) is 1.60. The highest BCUT2D eigenvalue weighted by atomic mass is 16.4. The molecule has 0 spiro atoms. The van der Waals surface area contributed by atoms with E-state index in [1.807, 2.05) is 6.92 Å². The lowest BCUT2D eigenvalue weighted by molar-refractivity contribution is -0.140. The molecule has 0 aromatic rings. The average Bonchev–Trinajstić information content (AvgIpc) is 2.31. The van der Waals surface area contributed by atoms with Crippen LogP contribution in [0.2, 0.25) is 0 Å². The Kier molecular flexibility index (Phi) is 7.39. The number of rotatable bonds is 7. The molecule has 0 aromatic carbocycles. The Balaban J connectivity index is 4.55. The van der Waals surface area contributed by atoms with Crippen LogP contribution in [0.4, 0.5) is 4.79 Å². The molecule has 0 aliphatic carbocycles. The van der Waals surface area contributed by atoms with Crippen molar-refractivity contribution in [3.63, 3.8) is 0 Å². The number of nitrogens with zero attached hydrogens (tertiary/aromatic N) is 1. The van der Waals surface area contributed by atoms with E-state index in [2.05, 4.69) is 19.2 Å². The number of carboxylic acids is 1. The Labute approximate surface area is 110 Å². The van der Waals surface area contributed by atoms with Crippen LogP contribution in [0, 0.1) is 11.8 Å². The summed E-state index contributed by atoms with van der Waals surface area (Å²) in [5.74, 6) is -0.704. The van der Waals surface area contributed by atoms with Gasteiger partial charge in [-0.1, -0.05) is 34.1 Å². The van der Waals surface area contributed by atoms with E-state index in [1.54, 1.807) is 18.7 Å². The second kappa shape index (κ2) is 7.95. The Morgan fingerprint density at radius 3 is 2.11 bits per heavy atom. The highest BCUT2D eigenvalue weighted by Gasteiger charge is 2.25. The van der Waals surface area contributed by atoms with Crippen molar-refractivity contribution < 1.29 is 14.7 Å². The van der Waals surface area contributed by atoms with E-state index in [4.69, 9.17) is 5.11 Å². The van der Waals surface area contributed by atoms with Gasteiger partial charge in [-0.25, -0.2) is 9.59 Å². The zero-order valence-corrected chi connectivity index (χ0v) is 12.1. The minimum atomic E-state index is -0.988. The molecule has 2 atom stereocenters. The summed E-state index contributed by atoms with van der Waals surface area (Å²) < 4.78 is 0. The van der Waals surface area contributed by atoms with Crippen LogP contribution in [0.15, 0.2) is 0 Å². The minimum Gasteiger partial charge on any atom is -0.480 e. The molecule has 0 heterocycles. The van der Waals surface area contributed by atoms with E-state index >= 15 is 0 Å². The number of hydrogen-bond donors (Lipinski definition) is 2. The summed E-state index contributed by atoms with van der Waals surface area (Å²) in [5, 5.41) is 11.6. The third kappa shape index (κ3) is 5.38. The predicted molar refractivity (Wildman–Crippen MR) is 71.5 cm³/mol. The lowest BCUT2D eigenvalue weighted by Crippen LogP contribution is -2.50. The molecule has 0 radical (unpaired) electrons. The lowest BCUT2D eigenvalue weighted by Gasteiger charge is -2.27. The molecule has 5 heteroatoms. The second-order valence-corrected chi connectivity index (χ2v) is 5.06. The van der Waals surface area contributed by atoms with E-state index in [0.29, 0.717) is 19.0 Å². The first-order valence-electron chi connectivity index (χ1n) is 6.61. The lowest BCUT2D eigenvalue weighted by atomic mass is 10.1. The molecule has 18 heavy (non-hydrogen) atoms. The summed E-state index contributed by atoms with van der Waals surface area (Å²) >= 11 is 0. The number of carbonyl (C=O) groups excluding carboxylic acids is 1. The predicted octanol–water partition coefficient (Wildman–Crippen LogP) is 2.17. The molecular formula is C13H26N2O3. The van der Waals surface area contributed by atoms with Crippen molar-refractivity contribution in [2.75, 3.05) is 13.1 Å². The standard InChI is InChI=1S/C13H26N2O3/c1-6-10(5)8-15(7-2)13(18)14-11(9(3)4)12(16)17/h9-11H,6-8H2,1-5H3,(H,14,18)(H,16,17). The fraction of sp³-hybridized carbons (Fsp3) is 0.846. The van der Waals surface area contributed by atoms with Crippen LogP contribution in [0.25, 0.3) is 0 Å². The van der Waals surface area contributed by atoms with Gasteiger partial charge in [0, 0.05) is 13.1 Å². The van der Waals surface area contributed by atoms with Gasteiger partial charge >= 0.3 is 12.0 Å². The molecule has 0 aromatic heterocycles. The number of amides is 2. The molecular weight excluding hydrogens is 232 g/mol. The van der Waals surface area contributed by atoms with E-state index in [9.17, 15) is 9.59 Å². The van der Waals surface area contributed by atoms with Crippen LogP contribution in [0.3, 0.4) is 0 Å². The molecule has 0 fully saturated rings. The van der Waals surface area contributed by atoms with E-state index in [1.165, 1.54) is 0 Å². The maximum absolute atomic E-state index is 12.0. The first kappa shape index (κ1) is 16.7. The molecule has 106 valence electrons. The van der Waals surface area contributed by atoms with Crippen molar-refractivity contribution in [3.05, 3.63) is 0 Å². The van der Waals surface area contributed by atoms with E-state index < -0.39 is 12.0 Å². The van der Waals surface area contributed by atoms with Gasteiger partial charge in [0.05, 0.1) is 0 Å². The molecule has 2 amide bonds. The topological polar surface area (TPSA) is 69.6 Å². The van der Waals surface area contributed by atoms with Crippen molar-refractivity contribution in [2.45, 2.75) is 47.1 Å². The fourth-order valence-electron chi connectivity index (χ4n) is 1.60. The van der Waals surface area contributed by atoms with Crippen LogP contribution >= 0.6 is 0 Å². The van der Waals surface area contributed by atoms with Crippen LogP contribution in [0.5, 0.6) is 0 Å². The van der Waals surface area contributed by atoms with Gasteiger partial charge in [-0.3, -0.25) is 0 Å². The number of carbonyl (C=O) groups is 2. The normalized spacial score (nSPS) is 14.1. The average molecular weight is 258 g/mol. The molecule has 2 unspecified atom stereocenters. The molecule has 0 saturated carbocycles. The molecule has 0 aliphatic rings. The monoisotopic (exact) mass is 258 g/mol. The van der Waals surface area contributed by atoms with Gasteiger partial charge in [-0.15, -0.1) is 0 Å². The Hall–Kier alpha value is -1.26. The number of carboxylic acid groups (broad SMARTS) is 1. The smallest absolute Gasteiger partial charge is 0.326 e. The minimum absolute atomic E-state index is 0.131. The first-order chi connectivity index (χ1) is 8.33. The van der Waals surface area contributed by atoms with Gasteiger partial charge in [-0.05, 0) is 18.8 Å². The summed E-state index contributed by atoms with van der Waals surface area (Å²) in [6.45, 7) is 10.8. The molecule has 0 bridgehead atoms. The quantitative estimate of drug-likeness (QED) is 0.735. The second-order valence-electron chi connectivity index (χ2n) is 5.06. The summed E-state index contributed by atoms with van der Waals surface area (Å²) in [6, 6.07) is -1.12. The zero-order chi connectivity index (χ0) is 14.3. The number of hydrogen-bond acceptors (Lipinski definition) is 2. The van der Waals surface area contributed by atoms with Crippen LogP contribution in [0.1, 0.15) is 41.0 Å². The molecule has 0 rings (SSSR count). The van der Waals surface area contributed by atoms with Crippen LogP contribution < -0.4 is 5.32 Å². The van der Waals surface area contributed by atoms with Crippen molar-refractivity contribution in [1.82, 2.24) is 10.2 Å². The van der Waals surface area contributed by atoms with Crippen molar-refractivity contribution in [1.29, 1.82) is 0 Å². The van der Waals surface area contributed by atoms with E-state index in [0.717, 1.165) is 6.42 Å². The van der Waals surface area contributed by atoms with Gasteiger partial charge in [0.1, 0.15) is 6.04 Å². The van der Waals surface area contributed by atoms with Crippen molar-refractivity contribution >= 4 is 12.0 Å². The van der Waals surface area contributed by atoms with Gasteiger partial charge in [0.2, 0.25) is 0 Å². The summed E-state index contributed by atoms with van der Waals surface area (Å²) in [4.78, 5) is 24.7. The Bertz CT molecular complexity index is 279. The number of nitrogens with one attached hydrogen (secondary N) is 1. The SMILES string of the molecule is CCC(C)CN(CC)C(=O)NC(C(=O)O)C(C)C. The maximum atomic E-state index is 12.0. The summed E-state index contributed by atoms with van der Waals surface area (Å²) in [6.07, 6.45) is 0.996. The third-order valence-corrected chi connectivity index (χ3v) is 3.11. The third-order valence-electron chi connectivity index (χ3n) is 3.11. The van der Waals surface area contributed by atoms with Crippen molar-refractivity contribution in [3.8, 4) is 0 Å². The molecule has 2 N–H and O–H groups in total. The Morgan fingerprint density at radius 1 is 1.22 bits per heavy atom. The van der Waals surface area contributed by atoms with Gasteiger partial charge in [0.25, 0.3) is 0 Å². The van der Waals surface area contributed by atoms with E-state index in [-0.39, 0.29) is 11.9 Å². The molecule has 0 aliphatic heterocycles. The Morgan fingerprint density at radius 2 is 1.78 bits per heavy atom. The van der Waals surface area contributed by atoms with Crippen LogP contribution in [-0.4, -0.2) is 41.1 Å². The highest BCUT2D eigenvalue weighted by Crippen LogP contribution is 2.07. The highest BCUT2D eigenvalue weighted by molar-refractivity contribution is 5.82. The maximum Gasteiger partial charge on any atom is 0.326 e. The largest absolute Gasteiger partial charge is 0.480 e.